The lowest BCUT2D eigenvalue weighted by atomic mass is 10.2. The van der Waals surface area contributed by atoms with E-state index < -0.39 is 0 Å². The minimum atomic E-state index is 0.702. The fourth-order valence-electron chi connectivity index (χ4n) is 1.90. The Labute approximate surface area is 123 Å². The van der Waals surface area contributed by atoms with Crippen molar-refractivity contribution in [2.75, 3.05) is 6.61 Å². The van der Waals surface area contributed by atoms with E-state index in [9.17, 15) is 0 Å². The van der Waals surface area contributed by atoms with Crippen LogP contribution in [0.5, 0.6) is 5.75 Å². The van der Waals surface area contributed by atoms with Gasteiger partial charge in [0.15, 0.2) is 0 Å². The minimum absolute atomic E-state index is 0.702. The van der Waals surface area contributed by atoms with Crippen LogP contribution < -0.4 is 10.1 Å². The third-order valence-corrected chi connectivity index (χ3v) is 4.11. The summed E-state index contributed by atoms with van der Waals surface area (Å²) in [6.07, 6.45) is 3.60. The first-order chi connectivity index (χ1) is 9.85. The maximum absolute atomic E-state index is 5.66. The highest BCUT2D eigenvalue weighted by atomic mass is 32.1. The molecule has 0 spiro atoms. The minimum Gasteiger partial charge on any atom is -0.494 e. The van der Waals surface area contributed by atoms with Gasteiger partial charge in [-0.2, -0.15) is 0 Å². The molecule has 0 radical (unpaired) electrons. The second-order valence-electron chi connectivity index (χ2n) is 5.03. The van der Waals surface area contributed by atoms with E-state index in [1.807, 2.05) is 18.2 Å². The molecule has 1 saturated carbocycles. The molecule has 0 atom stereocenters. The lowest BCUT2D eigenvalue weighted by Crippen LogP contribution is -2.14. The zero-order valence-electron chi connectivity index (χ0n) is 11.6. The van der Waals surface area contributed by atoms with Crippen LogP contribution in [-0.2, 0) is 6.54 Å². The first-order valence-electron chi connectivity index (χ1n) is 7.14. The Morgan fingerprint density at radius 2 is 2.25 bits per heavy atom. The van der Waals surface area contributed by atoms with Crippen molar-refractivity contribution in [1.29, 1.82) is 0 Å². The number of aromatic nitrogens is 2. The van der Waals surface area contributed by atoms with Gasteiger partial charge in [0.25, 0.3) is 0 Å². The van der Waals surface area contributed by atoms with Gasteiger partial charge in [0.1, 0.15) is 15.8 Å². The molecule has 1 N–H and O–H groups in total. The Bertz CT molecular complexity index is 566. The Hall–Kier alpha value is -1.46. The van der Waals surface area contributed by atoms with Crippen molar-refractivity contribution in [1.82, 2.24) is 15.5 Å². The van der Waals surface area contributed by atoms with Gasteiger partial charge in [-0.25, -0.2) is 0 Å². The van der Waals surface area contributed by atoms with Crippen molar-refractivity contribution < 1.29 is 4.74 Å². The number of nitrogens with one attached hydrogen (secondary N) is 1. The molecule has 2 aromatic rings. The van der Waals surface area contributed by atoms with Gasteiger partial charge in [-0.1, -0.05) is 30.4 Å². The summed E-state index contributed by atoms with van der Waals surface area (Å²) in [5, 5.41) is 14.0. The van der Waals surface area contributed by atoms with Gasteiger partial charge >= 0.3 is 0 Å². The average Bonchev–Trinajstić information content (AvgIpc) is 3.20. The normalized spacial score (nSPS) is 14.4. The molecule has 0 amide bonds. The summed E-state index contributed by atoms with van der Waals surface area (Å²) in [5.41, 5.74) is 1.08. The number of benzene rings is 1. The fourth-order valence-corrected chi connectivity index (χ4v) is 2.69. The van der Waals surface area contributed by atoms with Gasteiger partial charge in [-0.05, 0) is 31.4 Å². The van der Waals surface area contributed by atoms with Gasteiger partial charge in [0.2, 0.25) is 0 Å². The Balaban J connectivity index is 1.67. The predicted octanol–water partition coefficient (Wildman–Crippen LogP) is 3.25. The lowest BCUT2D eigenvalue weighted by molar-refractivity contribution is 0.317. The number of hydrogen-bond acceptors (Lipinski definition) is 5. The van der Waals surface area contributed by atoms with Gasteiger partial charge < -0.3 is 10.1 Å². The quantitative estimate of drug-likeness (QED) is 0.850. The van der Waals surface area contributed by atoms with Crippen LogP contribution in [0.4, 0.5) is 0 Å². The standard InChI is InChI=1S/C15H19N3OS/c1-2-8-19-13-5-3-4-11(9-13)15-18-17-14(20-15)10-16-12-6-7-12/h3-5,9,12,16H,2,6-8,10H2,1H3. The monoisotopic (exact) mass is 289 g/mol. The van der Waals surface area contributed by atoms with Crippen LogP contribution in [0.1, 0.15) is 31.2 Å². The van der Waals surface area contributed by atoms with Crippen molar-refractivity contribution >= 4 is 11.3 Å². The van der Waals surface area contributed by atoms with Gasteiger partial charge in [0.05, 0.1) is 6.61 Å². The Morgan fingerprint density at radius 3 is 3.05 bits per heavy atom. The molecule has 1 aliphatic rings. The molecule has 1 fully saturated rings. The number of nitrogens with zero attached hydrogens (tertiary/aromatic N) is 2. The SMILES string of the molecule is CCCOc1cccc(-c2nnc(CNC3CC3)s2)c1. The summed E-state index contributed by atoms with van der Waals surface area (Å²) < 4.78 is 5.66. The number of hydrogen-bond donors (Lipinski definition) is 1. The molecule has 0 saturated heterocycles. The molecule has 0 unspecified atom stereocenters. The van der Waals surface area contributed by atoms with Gasteiger partial charge in [0, 0.05) is 18.2 Å². The van der Waals surface area contributed by atoms with Gasteiger partial charge in [-0.3, -0.25) is 0 Å². The average molecular weight is 289 g/mol. The van der Waals surface area contributed by atoms with Crippen molar-refractivity contribution in [3.8, 4) is 16.3 Å². The first kappa shape index (κ1) is 13.5. The molecule has 3 rings (SSSR count). The Morgan fingerprint density at radius 1 is 1.35 bits per heavy atom. The fraction of sp³-hybridized carbons (Fsp3) is 0.467. The van der Waals surface area contributed by atoms with Crippen molar-refractivity contribution in [2.45, 2.75) is 38.8 Å². The van der Waals surface area contributed by atoms with E-state index in [0.29, 0.717) is 6.04 Å². The van der Waals surface area contributed by atoms with E-state index in [4.69, 9.17) is 4.74 Å². The Kier molecular flexibility index (Phi) is 4.28. The maximum Gasteiger partial charge on any atom is 0.147 e. The molecule has 0 bridgehead atoms. The summed E-state index contributed by atoms with van der Waals surface area (Å²) in [4.78, 5) is 0. The van der Waals surface area contributed by atoms with E-state index in [-0.39, 0.29) is 0 Å². The van der Waals surface area contributed by atoms with Crippen molar-refractivity contribution in [3.63, 3.8) is 0 Å². The molecule has 4 nitrogen and oxygen atoms in total. The maximum atomic E-state index is 5.66. The van der Waals surface area contributed by atoms with Gasteiger partial charge in [-0.15, -0.1) is 10.2 Å². The zero-order chi connectivity index (χ0) is 13.8. The second kappa shape index (κ2) is 6.33. The highest BCUT2D eigenvalue weighted by Gasteiger charge is 2.20. The first-order valence-corrected chi connectivity index (χ1v) is 7.96. The van der Waals surface area contributed by atoms with E-state index >= 15 is 0 Å². The van der Waals surface area contributed by atoms with Crippen LogP contribution >= 0.6 is 11.3 Å². The largest absolute Gasteiger partial charge is 0.494 e. The van der Waals surface area contributed by atoms with E-state index in [2.05, 4.69) is 28.5 Å². The van der Waals surface area contributed by atoms with E-state index in [1.165, 1.54) is 12.8 Å². The molecule has 1 heterocycles. The summed E-state index contributed by atoms with van der Waals surface area (Å²) >= 11 is 1.65. The summed E-state index contributed by atoms with van der Waals surface area (Å²) in [6.45, 7) is 3.68. The van der Waals surface area contributed by atoms with Crippen LogP contribution in [0.25, 0.3) is 10.6 Å². The molecular weight excluding hydrogens is 270 g/mol. The topological polar surface area (TPSA) is 47.0 Å². The second-order valence-corrected chi connectivity index (χ2v) is 6.09. The molecular formula is C15H19N3OS. The van der Waals surface area contributed by atoms with Crippen molar-refractivity contribution in [3.05, 3.63) is 29.3 Å². The molecule has 1 aliphatic carbocycles. The summed E-state index contributed by atoms with van der Waals surface area (Å²) in [6, 6.07) is 8.78. The molecule has 0 aliphatic heterocycles. The van der Waals surface area contributed by atoms with E-state index in [1.54, 1.807) is 11.3 Å². The summed E-state index contributed by atoms with van der Waals surface area (Å²) in [5.74, 6) is 0.900. The highest BCUT2D eigenvalue weighted by molar-refractivity contribution is 7.14. The summed E-state index contributed by atoms with van der Waals surface area (Å²) in [7, 11) is 0. The third-order valence-electron chi connectivity index (χ3n) is 3.14. The lowest BCUT2D eigenvalue weighted by Gasteiger charge is -2.05. The zero-order valence-corrected chi connectivity index (χ0v) is 12.4. The van der Waals surface area contributed by atoms with Crippen molar-refractivity contribution in [2.24, 2.45) is 0 Å². The number of ether oxygens (including phenoxy) is 1. The molecule has 1 aromatic carbocycles. The van der Waals surface area contributed by atoms with Crippen LogP contribution in [0.3, 0.4) is 0 Å². The molecule has 1 aromatic heterocycles. The van der Waals surface area contributed by atoms with Crippen LogP contribution in [-0.4, -0.2) is 22.8 Å². The molecule has 20 heavy (non-hydrogen) atoms. The van der Waals surface area contributed by atoms with Crippen LogP contribution in [0.2, 0.25) is 0 Å². The third kappa shape index (κ3) is 3.55. The molecule has 106 valence electrons. The highest BCUT2D eigenvalue weighted by Crippen LogP contribution is 2.27. The van der Waals surface area contributed by atoms with Crippen LogP contribution in [0, 0.1) is 0 Å². The van der Waals surface area contributed by atoms with Crippen LogP contribution in [0.15, 0.2) is 24.3 Å². The van der Waals surface area contributed by atoms with E-state index in [0.717, 1.165) is 40.9 Å². The smallest absolute Gasteiger partial charge is 0.147 e. The molecule has 5 heteroatoms. The predicted molar refractivity (Wildman–Crippen MR) is 81.0 cm³/mol. The number of rotatable bonds is 7.